The van der Waals surface area contributed by atoms with E-state index in [9.17, 15) is 0 Å². The molecule has 0 bridgehead atoms. The molecule has 30 heavy (non-hydrogen) atoms. The molecular formula is C22H37IN4O3. The molecule has 170 valence electrons. The van der Waals surface area contributed by atoms with Crippen LogP contribution in [0.2, 0.25) is 0 Å². The minimum absolute atomic E-state index is 0. The van der Waals surface area contributed by atoms with E-state index in [0.717, 1.165) is 83.7 Å². The zero-order valence-electron chi connectivity index (χ0n) is 18.0. The van der Waals surface area contributed by atoms with Crippen LogP contribution in [0.15, 0.2) is 27.8 Å². The summed E-state index contributed by atoms with van der Waals surface area (Å²) in [5.74, 6) is 2.75. The van der Waals surface area contributed by atoms with Crippen molar-refractivity contribution in [3.8, 4) is 0 Å². The van der Waals surface area contributed by atoms with Gasteiger partial charge in [0.1, 0.15) is 5.76 Å². The fourth-order valence-electron chi connectivity index (χ4n) is 4.48. The molecule has 1 aromatic heterocycles. The first-order chi connectivity index (χ1) is 14.4. The van der Waals surface area contributed by atoms with Crippen LogP contribution in [-0.4, -0.2) is 87.5 Å². The minimum Gasteiger partial charge on any atom is -0.469 e. The van der Waals surface area contributed by atoms with Crippen molar-refractivity contribution >= 4 is 29.9 Å². The van der Waals surface area contributed by atoms with E-state index in [1.807, 2.05) is 12.1 Å². The molecule has 3 saturated heterocycles. The second-order valence-corrected chi connectivity index (χ2v) is 8.42. The number of rotatable bonds is 7. The predicted octanol–water partition coefficient (Wildman–Crippen LogP) is 2.61. The molecule has 0 aromatic carbocycles. The molecule has 3 fully saturated rings. The lowest BCUT2D eigenvalue weighted by Gasteiger charge is -2.29. The first-order valence-electron chi connectivity index (χ1n) is 11.3. The Balaban J connectivity index is 0.00000256. The lowest BCUT2D eigenvalue weighted by Crippen LogP contribution is -2.43. The maximum absolute atomic E-state index is 5.89. The Morgan fingerprint density at radius 2 is 2.03 bits per heavy atom. The number of nitrogens with one attached hydrogen (secondary N) is 1. The van der Waals surface area contributed by atoms with Crippen LogP contribution in [-0.2, 0) is 15.9 Å². The van der Waals surface area contributed by atoms with Crippen LogP contribution >= 0.6 is 24.0 Å². The zero-order valence-corrected chi connectivity index (χ0v) is 20.3. The molecule has 4 rings (SSSR count). The maximum Gasteiger partial charge on any atom is 0.194 e. The molecule has 0 spiro atoms. The highest BCUT2D eigenvalue weighted by molar-refractivity contribution is 14.0. The fraction of sp³-hybridized carbons (Fsp3) is 0.773. The number of aliphatic imine (C=N–C) groups is 1. The quantitative estimate of drug-likeness (QED) is 0.331. The van der Waals surface area contributed by atoms with Crippen LogP contribution in [0.4, 0.5) is 0 Å². The molecule has 4 heterocycles. The molecule has 7 nitrogen and oxygen atoms in total. The highest BCUT2D eigenvalue weighted by Crippen LogP contribution is 2.19. The van der Waals surface area contributed by atoms with Crippen LogP contribution in [0.1, 0.15) is 31.4 Å². The first kappa shape index (κ1) is 23.8. The van der Waals surface area contributed by atoms with Gasteiger partial charge in [0.2, 0.25) is 0 Å². The van der Waals surface area contributed by atoms with E-state index in [0.29, 0.717) is 5.92 Å². The summed E-state index contributed by atoms with van der Waals surface area (Å²) in [5, 5.41) is 3.59. The third kappa shape index (κ3) is 7.39. The Kier molecular flexibility index (Phi) is 10.2. The van der Waals surface area contributed by atoms with E-state index in [4.69, 9.17) is 18.9 Å². The van der Waals surface area contributed by atoms with E-state index < -0.39 is 0 Å². The van der Waals surface area contributed by atoms with E-state index >= 15 is 0 Å². The average molecular weight is 532 g/mol. The summed E-state index contributed by atoms with van der Waals surface area (Å²) in [6.45, 7) is 9.68. The molecule has 0 amide bonds. The van der Waals surface area contributed by atoms with Crippen molar-refractivity contribution in [1.29, 1.82) is 0 Å². The lowest BCUT2D eigenvalue weighted by atomic mass is 10.1. The van der Waals surface area contributed by atoms with Gasteiger partial charge in [-0.05, 0) is 43.7 Å². The second-order valence-electron chi connectivity index (χ2n) is 8.42. The third-order valence-electron chi connectivity index (χ3n) is 6.16. The molecule has 0 saturated carbocycles. The Morgan fingerprint density at radius 1 is 1.13 bits per heavy atom. The van der Waals surface area contributed by atoms with Crippen LogP contribution in [0.25, 0.3) is 0 Å². The maximum atomic E-state index is 5.89. The summed E-state index contributed by atoms with van der Waals surface area (Å²) >= 11 is 0. The zero-order chi connectivity index (χ0) is 19.7. The summed E-state index contributed by atoms with van der Waals surface area (Å²) in [6.07, 6.45) is 7.69. The monoisotopic (exact) mass is 532 g/mol. The molecule has 0 aliphatic carbocycles. The molecule has 1 aromatic rings. The van der Waals surface area contributed by atoms with Crippen molar-refractivity contribution in [2.45, 2.75) is 38.2 Å². The van der Waals surface area contributed by atoms with Gasteiger partial charge in [0.05, 0.1) is 32.1 Å². The highest BCUT2D eigenvalue weighted by Gasteiger charge is 2.27. The molecule has 3 aliphatic rings. The third-order valence-corrected chi connectivity index (χ3v) is 6.16. The number of nitrogens with zero attached hydrogens (tertiary/aromatic N) is 3. The van der Waals surface area contributed by atoms with Gasteiger partial charge in [0, 0.05) is 52.3 Å². The standard InChI is InChI=1S/C22H36N4O3.HI/c1-2-12-29-21(4-1)16-24-22(23-8-6-20-5-3-13-28-20)26-9-7-19(18-26)17-25-10-14-27-15-11-25;/h3,5,13,19,21H,1-2,4,6-12,14-18H2,(H,23,24);1H. The number of morpholine rings is 1. The van der Waals surface area contributed by atoms with Crippen molar-refractivity contribution in [2.24, 2.45) is 10.9 Å². The lowest BCUT2D eigenvalue weighted by molar-refractivity contribution is 0.0223. The van der Waals surface area contributed by atoms with Gasteiger partial charge in [-0.1, -0.05) is 0 Å². The Hall–Kier alpha value is -0.840. The van der Waals surface area contributed by atoms with E-state index in [1.54, 1.807) is 6.26 Å². The summed E-state index contributed by atoms with van der Waals surface area (Å²) in [6, 6.07) is 3.98. The van der Waals surface area contributed by atoms with E-state index in [-0.39, 0.29) is 30.1 Å². The molecular weight excluding hydrogens is 495 g/mol. The summed E-state index contributed by atoms with van der Waals surface area (Å²) < 4.78 is 16.8. The number of hydrogen-bond donors (Lipinski definition) is 1. The topological polar surface area (TPSA) is 62.5 Å². The van der Waals surface area contributed by atoms with Crippen molar-refractivity contribution in [1.82, 2.24) is 15.1 Å². The van der Waals surface area contributed by atoms with Gasteiger partial charge in [0.15, 0.2) is 5.96 Å². The normalized spacial score (nSPS) is 25.9. The molecule has 0 radical (unpaired) electrons. The van der Waals surface area contributed by atoms with Gasteiger partial charge in [-0.25, -0.2) is 0 Å². The Labute approximate surface area is 197 Å². The van der Waals surface area contributed by atoms with Crippen molar-refractivity contribution in [3.63, 3.8) is 0 Å². The van der Waals surface area contributed by atoms with Crippen LogP contribution in [0, 0.1) is 5.92 Å². The Bertz CT molecular complexity index is 616. The van der Waals surface area contributed by atoms with Crippen molar-refractivity contribution < 1.29 is 13.9 Å². The molecule has 3 aliphatic heterocycles. The molecule has 8 heteroatoms. The van der Waals surface area contributed by atoms with Gasteiger partial charge >= 0.3 is 0 Å². The van der Waals surface area contributed by atoms with E-state index in [1.165, 1.54) is 25.8 Å². The number of guanidine groups is 1. The van der Waals surface area contributed by atoms with E-state index in [2.05, 4.69) is 15.1 Å². The number of hydrogen-bond acceptors (Lipinski definition) is 5. The average Bonchev–Trinajstić information content (AvgIpc) is 3.44. The summed E-state index contributed by atoms with van der Waals surface area (Å²) in [4.78, 5) is 9.96. The fourth-order valence-corrected chi connectivity index (χ4v) is 4.48. The van der Waals surface area contributed by atoms with Gasteiger partial charge in [0.25, 0.3) is 0 Å². The first-order valence-corrected chi connectivity index (χ1v) is 11.3. The Morgan fingerprint density at radius 3 is 2.80 bits per heavy atom. The molecule has 2 atom stereocenters. The largest absolute Gasteiger partial charge is 0.469 e. The van der Waals surface area contributed by atoms with Crippen LogP contribution < -0.4 is 5.32 Å². The number of ether oxygens (including phenoxy) is 2. The van der Waals surface area contributed by atoms with Crippen LogP contribution in [0.3, 0.4) is 0 Å². The number of furan rings is 1. The van der Waals surface area contributed by atoms with Gasteiger partial charge < -0.3 is 24.1 Å². The number of halogens is 1. The summed E-state index contributed by atoms with van der Waals surface area (Å²) in [7, 11) is 0. The van der Waals surface area contributed by atoms with Gasteiger partial charge in [-0.15, -0.1) is 24.0 Å². The SMILES string of the molecule is I.c1coc(CCNC(=NCC2CCCCO2)N2CCC(CN3CCOCC3)C2)c1. The summed E-state index contributed by atoms with van der Waals surface area (Å²) in [5.41, 5.74) is 0. The van der Waals surface area contributed by atoms with Crippen molar-refractivity contribution in [3.05, 3.63) is 24.2 Å². The van der Waals surface area contributed by atoms with Crippen LogP contribution in [0.5, 0.6) is 0 Å². The second kappa shape index (κ2) is 12.9. The smallest absolute Gasteiger partial charge is 0.194 e. The minimum atomic E-state index is 0. The molecule has 1 N–H and O–H groups in total. The van der Waals surface area contributed by atoms with Gasteiger partial charge in [-0.3, -0.25) is 9.89 Å². The predicted molar refractivity (Wildman–Crippen MR) is 129 cm³/mol. The van der Waals surface area contributed by atoms with Gasteiger partial charge in [-0.2, -0.15) is 0 Å². The number of likely N-dealkylation sites (tertiary alicyclic amines) is 1. The highest BCUT2D eigenvalue weighted by atomic mass is 127. The van der Waals surface area contributed by atoms with Crippen molar-refractivity contribution in [2.75, 3.05) is 65.6 Å². The molecule has 2 unspecified atom stereocenters.